The largest absolute Gasteiger partial charge is 0.472 e. The number of nitrogens with zero attached hydrogens (tertiary/aromatic N) is 4. The summed E-state index contributed by atoms with van der Waals surface area (Å²) >= 11 is 0. The summed E-state index contributed by atoms with van der Waals surface area (Å²) in [5.74, 6) is -1.43. The zero-order valence-corrected chi connectivity index (χ0v) is 20.5. The summed E-state index contributed by atoms with van der Waals surface area (Å²) in [4.78, 5) is 38.1. The van der Waals surface area contributed by atoms with E-state index in [1.165, 1.54) is 23.1 Å². The summed E-state index contributed by atoms with van der Waals surface area (Å²) in [7, 11) is 1.59. The van der Waals surface area contributed by atoms with Gasteiger partial charge in [-0.15, -0.1) is 0 Å². The average Bonchev–Trinajstić information content (AvgIpc) is 2.90. The van der Waals surface area contributed by atoms with Crippen LogP contribution in [-0.2, 0) is 0 Å². The maximum atomic E-state index is 14.2. The Labute approximate surface area is 209 Å². The molecule has 8 nitrogen and oxygen atoms in total. The molecule has 0 saturated carbocycles. The van der Waals surface area contributed by atoms with Crippen LogP contribution in [0.2, 0.25) is 0 Å². The van der Waals surface area contributed by atoms with E-state index in [1.807, 2.05) is 13.0 Å². The lowest BCUT2D eigenvalue weighted by Crippen LogP contribution is -2.50. The van der Waals surface area contributed by atoms with Gasteiger partial charge in [0.1, 0.15) is 17.5 Å². The Hall–Kier alpha value is -3.85. The first-order valence-electron chi connectivity index (χ1n) is 11.8. The summed E-state index contributed by atoms with van der Waals surface area (Å²) in [5.41, 5.74) is 1.73. The lowest BCUT2D eigenvalue weighted by molar-refractivity contribution is 0.0312. The van der Waals surface area contributed by atoms with Gasteiger partial charge in [0.15, 0.2) is 0 Å². The smallest absolute Gasteiger partial charge is 0.259 e. The molecule has 36 heavy (non-hydrogen) atoms. The van der Waals surface area contributed by atoms with Crippen LogP contribution in [0.25, 0.3) is 11.1 Å². The molecule has 3 aromatic rings. The summed E-state index contributed by atoms with van der Waals surface area (Å²) in [6.07, 6.45) is 4.41. The van der Waals surface area contributed by atoms with Crippen LogP contribution in [0.1, 0.15) is 34.6 Å². The van der Waals surface area contributed by atoms with Gasteiger partial charge in [-0.2, -0.15) is 0 Å². The van der Waals surface area contributed by atoms with Gasteiger partial charge < -0.3 is 19.6 Å². The van der Waals surface area contributed by atoms with E-state index in [2.05, 4.69) is 9.97 Å². The highest BCUT2D eigenvalue weighted by molar-refractivity contribution is 5.98. The molecule has 1 N–H and O–H groups in total. The number of amides is 2. The molecule has 0 fully saturated rings. The van der Waals surface area contributed by atoms with E-state index in [-0.39, 0.29) is 42.0 Å². The van der Waals surface area contributed by atoms with Crippen LogP contribution < -0.4 is 4.74 Å². The Kier molecular flexibility index (Phi) is 7.59. The first-order valence-corrected chi connectivity index (χ1v) is 11.8. The van der Waals surface area contributed by atoms with Crippen molar-refractivity contribution in [2.75, 3.05) is 26.7 Å². The predicted molar refractivity (Wildman–Crippen MR) is 132 cm³/mol. The number of aliphatic hydroxyl groups excluding tert-OH is 1. The number of fused-ring (bicyclic) bond motifs is 1. The maximum Gasteiger partial charge on any atom is 0.259 e. The normalized spacial score (nSPS) is 18.5. The van der Waals surface area contributed by atoms with Crippen molar-refractivity contribution in [1.82, 2.24) is 19.8 Å². The van der Waals surface area contributed by atoms with E-state index in [1.54, 1.807) is 55.7 Å². The second-order valence-electron chi connectivity index (χ2n) is 9.11. The van der Waals surface area contributed by atoms with Crippen molar-refractivity contribution in [1.29, 1.82) is 0 Å². The molecule has 4 rings (SSSR count). The number of carbonyl (C=O) groups excluding carboxylic acids is 2. The Morgan fingerprint density at radius 2 is 2.03 bits per heavy atom. The van der Waals surface area contributed by atoms with E-state index in [4.69, 9.17) is 4.74 Å². The Balaban J connectivity index is 1.68. The molecular formula is C27H29FN4O4. The molecular weight excluding hydrogens is 463 g/mol. The summed E-state index contributed by atoms with van der Waals surface area (Å²) in [5, 5.41) is 9.83. The molecule has 0 radical (unpaired) electrons. The van der Waals surface area contributed by atoms with Gasteiger partial charge in [0.25, 0.3) is 11.8 Å². The molecule has 9 heteroatoms. The van der Waals surface area contributed by atoms with E-state index < -0.39 is 23.9 Å². The Bertz CT molecular complexity index is 1240. The fraction of sp³-hybridized carbons (Fsp3) is 0.333. The third kappa shape index (κ3) is 5.21. The van der Waals surface area contributed by atoms with E-state index >= 15 is 0 Å². The fourth-order valence-electron chi connectivity index (χ4n) is 4.20. The first-order chi connectivity index (χ1) is 17.3. The van der Waals surface area contributed by atoms with Crippen molar-refractivity contribution in [2.24, 2.45) is 5.92 Å². The summed E-state index contributed by atoms with van der Waals surface area (Å²) in [6, 6.07) is 10.8. The zero-order chi connectivity index (χ0) is 25.8. The fourth-order valence-corrected chi connectivity index (χ4v) is 4.20. The zero-order valence-electron chi connectivity index (χ0n) is 20.5. The molecule has 0 aliphatic carbocycles. The van der Waals surface area contributed by atoms with Crippen LogP contribution in [-0.4, -0.2) is 75.6 Å². The van der Waals surface area contributed by atoms with Gasteiger partial charge in [0, 0.05) is 49.2 Å². The van der Waals surface area contributed by atoms with Gasteiger partial charge >= 0.3 is 0 Å². The van der Waals surface area contributed by atoms with Gasteiger partial charge in [-0.3, -0.25) is 14.6 Å². The molecule has 0 bridgehead atoms. The summed E-state index contributed by atoms with van der Waals surface area (Å²) < 4.78 is 20.4. The number of hydrogen-bond donors (Lipinski definition) is 1. The number of halogens is 1. The van der Waals surface area contributed by atoms with Gasteiger partial charge in [-0.05, 0) is 31.2 Å². The predicted octanol–water partition coefficient (Wildman–Crippen LogP) is 3.28. The quantitative estimate of drug-likeness (QED) is 0.568. The van der Waals surface area contributed by atoms with Crippen molar-refractivity contribution in [3.05, 3.63) is 78.0 Å². The molecule has 1 aliphatic rings. The maximum absolute atomic E-state index is 14.2. The number of ether oxygens (including phenoxy) is 1. The number of aliphatic hydroxyl groups is 1. The van der Waals surface area contributed by atoms with Crippen LogP contribution in [0.5, 0.6) is 5.88 Å². The van der Waals surface area contributed by atoms with E-state index in [0.717, 1.165) is 5.56 Å². The molecule has 0 spiro atoms. The van der Waals surface area contributed by atoms with Crippen LogP contribution in [0.4, 0.5) is 4.39 Å². The van der Waals surface area contributed by atoms with Gasteiger partial charge in [0.05, 0.1) is 24.8 Å². The average molecular weight is 493 g/mol. The molecule has 2 aromatic heterocycles. The first kappa shape index (κ1) is 25.2. The second kappa shape index (κ2) is 10.8. The minimum absolute atomic E-state index is 0.0242. The lowest BCUT2D eigenvalue weighted by Gasteiger charge is -2.37. The van der Waals surface area contributed by atoms with Crippen molar-refractivity contribution >= 4 is 11.8 Å². The Morgan fingerprint density at radius 1 is 1.25 bits per heavy atom. The van der Waals surface area contributed by atoms with Gasteiger partial charge in [-0.1, -0.05) is 25.1 Å². The molecule has 0 unspecified atom stereocenters. The van der Waals surface area contributed by atoms with Crippen molar-refractivity contribution < 1.29 is 23.8 Å². The number of rotatable bonds is 6. The third-order valence-electron chi connectivity index (χ3n) is 6.42. The van der Waals surface area contributed by atoms with Crippen LogP contribution >= 0.6 is 0 Å². The highest BCUT2D eigenvalue weighted by atomic mass is 19.1. The topological polar surface area (TPSA) is 95.9 Å². The second-order valence-corrected chi connectivity index (χ2v) is 9.11. The molecule has 0 saturated heterocycles. The molecule has 3 atom stereocenters. The van der Waals surface area contributed by atoms with Crippen LogP contribution in [0.15, 0.2) is 61.1 Å². The molecule has 2 amide bonds. The number of aromatic nitrogens is 2. The molecule has 1 aromatic carbocycles. The Morgan fingerprint density at radius 3 is 2.72 bits per heavy atom. The highest BCUT2D eigenvalue weighted by Crippen LogP contribution is 2.30. The minimum atomic E-state index is -0.593. The molecule has 188 valence electrons. The summed E-state index contributed by atoms with van der Waals surface area (Å²) in [6.45, 7) is 3.92. The van der Waals surface area contributed by atoms with E-state index in [0.29, 0.717) is 12.1 Å². The van der Waals surface area contributed by atoms with Crippen molar-refractivity contribution in [3.8, 4) is 17.0 Å². The van der Waals surface area contributed by atoms with Gasteiger partial charge in [0.2, 0.25) is 5.88 Å². The standard InChI is InChI=1S/C27H29FN4O4/c1-17-14-32(18(2)16-33)27(35)22-11-20(19-7-6-10-29-12-19)13-30-25(22)36-24(17)15-31(3)26(34)21-8-4-5-9-23(21)28/h4-13,17-18,24,33H,14-16H2,1-3H3/t17-,18+,24+/m1/s1. The van der Waals surface area contributed by atoms with Crippen LogP contribution in [0, 0.1) is 11.7 Å². The monoisotopic (exact) mass is 492 g/mol. The molecule has 1 aliphatic heterocycles. The number of hydrogen-bond acceptors (Lipinski definition) is 6. The number of benzene rings is 1. The van der Waals surface area contributed by atoms with Crippen molar-refractivity contribution in [3.63, 3.8) is 0 Å². The number of pyridine rings is 2. The lowest BCUT2D eigenvalue weighted by atomic mass is 9.99. The SMILES string of the molecule is C[C@@H]1CN([C@@H](C)CO)C(=O)c2cc(-c3cccnc3)cnc2O[C@H]1CN(C)C(=O)c1ccccc1F. The number of likely N-dealkylation sites (N-methyl/N-ethyl adjacent to an activating group) is 1. The number of carbonyl (C=O) groups is 2. The van der Waals surface area contributed by atoms with Gasteiger partial charge in [-0.25, -0.2) is 9.37 Å². The van der Waals surface area contributed by atoms with Crippen LogP contribution in [0.3, 0.4) is 0 Å². The van der Waals surface area contributed by atoms with Crippen molar-refractivity contribution in [2.45, 2.75) is 26.0 Å². The molecule has 3 heterocycles. The minimum Gasteiger partial charge on any atom is -0.472 e. The third-order valence-corrected chi connectivity index (χ3v) is 6.42. The van der Waals surface area contributed by atoms with E-state index in [9.17, 15) is 19.1 Å². The highest BCUT2D eigenvalue weighted by Gasteiger charge is 2.35.